The molecule has 1 aromatic carbocycles. The average Bonchev–Trinajstić information content (AvgIpc) is 2.59. The van der Waals surface area contributed by atoms with Gasteiger partial charge in [0.05, 0.1) is 6.10 Å². The molecule has 3 nitrogen and oxygen atoms in total. The fourth-order valence-electron chi connectivity index (χ4n) is 2.53. The molecule has 1 saturated heterocycles. The molecule has 3 N–H and O–H groups in total. The largest absolute Gasteiger partial charge is 0.399 e. The van der Waals surface area contributed by atoms with E-state index in [-0.39, 0.29) is 5.54 Å². The quantitative estimate of drug-likeness (QED) is 0.788. The van der Waals surface area contributed by atoms with E-state index in [1.54, 1.807) is 0 Å². The Kier molecular flexibility index (Phi) is 3.40. The van der Waals surface area contributed by atoms with Crippen molar-refractivity contribution >= 4 is 5.69 Å². The van der Waals surface area contributed by atoms with E-state index in [0.717, 1.165) is 17.8 Å². The summed E-state index contributed by atoms with van der Waals surface area (Å²) in [6, 6.07) is 7.49. The van der Waals surface area contributed by atoms with Crippen LogP contribution in [0.3, 0.4) is 0 Å². The van der Waals surface area contributed by atoms with Crippen LogP contribution < -0.4 is 5.73 Å². The molecule has 1 unspecified atom stereocenters. The number of aliphatic hydroxyl groups is 1. The zero-order valence-electron chi connectivity index (χ0n) is 10.7. The van der Waals surface area contributed by atoms with Crippen molar-refractivity contribution < 1.29 is 5.11 Å². The molecule has 0 bridgehead atoms. The second-order valence-corrected chi connectivity index (χ2v) is 5.54. The average molecular weight is 234 g/mol. The van der Waals surface area contributed by atoms with E-state index in [4.69, 9.17) is 5.73 Å². The third-order valence-electron chi connectivity index (χ3n) is 3.79. The lowest BCUT2D eigenvalue weighted by molar-refractivity contribution is 0.0779. The van der Waals surface area contributed by atoms with Gasteiger partial charge in [-0.2, -0.15) is 0 Å². The first kappa shape index (κ1) is 12.4. The van der Waals surface area contributed by atoms with Crippen LogP contribution >= 0.6 is 0 Å². The molecule has 1 atom stereocenters. The number of nitrogen functional groups attached to an aromatic ring is 1. The third kappa shape index (κ3) is 2.79. The highest BCUT2D eigenvalue weighted by Gasteiger charge is 2.32. The van der Waals surface area contributed by atoms with Gasteiger partial charge in [-0.1, -0.05) is 12.1 Å². The van der Waals surface area contributed by atoms with Crippen molar-refractivity contribution in [3.8, 4) is 0 Å². The molecule has 1 heterocycles. The van der Waals surface area contributed by atoms with Crippen LogP contribution in [0.15, 0.2) is 24.3 Å². The lowest BCUT2D eigenvalue weighted by Crippen LogP contribution is -2.40. The second kappa shape index (κ2) is 4.67. The number of likely N-dealkylation sites (tertiary alicyclic amines) is 1. The molecule has 0 aliphatic carbocycles. The summed E-state index contributed by atoms with van der Waals surface area (Å²) in [5, 5.41) is 10.2. The van der Waals surface area contributed by atoms with E-state index in [9.17, 15) is 5.11 Å². The van der Waals surface area contributed by atoms with E-state index in [0.29, 0.717) is 6.54 Å². The fourth-order valence-corrected chi connectivity index (χ4v) is 2.53. The molecule has 1 aliphatic rings. The summed E-state index contributed by atoms with van der Waals surface area (Å²) in [7, 11) is 0. The number of anilines is 1. The number of nitrogens with two attached hydrogens (primary N) is 1. The summed E-state index contributed by atoms with van der Waals surface area (Å²) in [6.45, 7) is 6.28. The molecular formula is C14H22N2O. The zero-order chi connectivity index (χ0) is 12.5. The van der Waals surface area contributed by atoms with Gasteiger partial charge in [-0.25, -0.2) is 0 Å². The number of benzene rings is 1. The van der Waals surface area contributed by atoms with Crippen LogP contribution in [-0.4, -0.2) is 28.6 Å². The van der Waals surface area contributed by atoms with Gasteiger partial charge >= 0.3 is 0 Å². The fraction of sp³-hybridized carbons (Fsp3) is 0.571. The molecule has 17 heavy (non-hydrogen) atoms. The molecule has 3 heteroatoms. The summed E-state index contributed by atoms with van der Waals surface area (Å²) < 4.78 is 0. The number of nitrogens with zero attached hydrogens (tertiary/aromatic N) is 1. The Morgan fingerprint density at radius 3 is 2.53 bits per heavy atom. The lowest BCUT2D eigenvalue weighted by Gasteiger charge is -2.33. The number of β-amino-alcohol motifs (C(OH)–C–C–N with tert-alkyl or cyclic N) is 1. The number of hydrogen-bond acceptors (Lipinski definition) is 3. The van der Waals surface area contributed by atoms with Crippen molar-refractivity contribution in [2.75, 3.05) is 18.8 Å². The summed E-state index contributed by atoms with van der Waals surface area (Å²) in [5.41, 5.74) is 7.54. The standard InChI is InChI=1S/C14H22N2O/c1-14(2)8-3-9-16(14)10-13(17)11-4-6-12(15)7-5-11/h4-7,13,17H,3,8-10,15H2,1-2H3. The Hall–Kier alpha value is -1.06. The van der Waals surface area contributed by atoms with Gasteiger partial charge in [0.2, 0.25) is 0 Å². The van der Waals surface area contributed by atoms with Gasteiger partial charge in [-0.3, -0.25) is 4.90 Å². The van der Waals surface area contributed by atoms with E-state index in [2.05, 4.69) is 18.7 Å². The first-order chi connectivity index (χ1) is 7.99. The summed E-state index contributed by atoms with van der Waals surface area (Å²) in [5.74, 6) is 0. The summed E-state index contributed by atoms with van der Waals surface area (Å²) in [6.07, 6.45) is 2.01. The van der Waals surface area contributed by atoms with Gasteiger partial charge in [-0.15, -0.1) is 0 Å². The highest BCUT2D eigenvalue weighted by Crippen LogP contribution is 2.30. The zero-order valence-corrected chi connectivity index (χ0v) is 10.7. The second-order valence-electron chi connectivity index (χ2n) is 5.54. The maximum atomic E-state index is 10.2. The molecular weight excluding hydrogens is 212 g/mol. The number of aliphatic hydroxyl groups excluding tert-OH is 1. The van der Waals surface area contributed by atoms with Crippen molar-refractivity contribution in [3.63, 3.8) is 0 Å². The Morgan fingerprint density at radius 1 is 1.35 bits per heavy atom. The molecule has 0 radical (unpaired) electrons. The van der Waals surface area contributed by atoms with E-state index >= 15 is 0 Å². The van der Waals surface area contributed by atoms with Crippen molar-refractivity contribution in [2.24, 2.45) is 0 Å². The van der Waals surface area contributed by atoms with E-state index in [1.807, 2.05) is 24.3 Å². The molecule has 94 valence electrons. The summed E-state index contributed by atoms with van der Waals surface area (Å²) >= 11 is 0. The maximum Gasteiger partial charge on any atom is 0.0917 e. The third-order valence-corrected chi connectivity index (χ3v) is 3.79. The van der Waals surface area contributed by atoms with Gasteiger partial charge in [0.1, 0.15) is 0 Å². The van der Waals surface area contributed by atoms with Crippen LogP contribution in [0.5, 0.6) is 0 Å². The number of rotatable bonds is 3. The van der Waals surface area contributed by atoms with E-state index < -0.39 is 6.10 Å². The predicted molar refractivity (Wildman–Crippen MR) is 70.7 cm³/mol. The van der Waals surface area contributed by atoms with Crippen molar-refractivity contribution in [3.05, 3.63) is 29.8 Å². The van der Waals surface area contributed by atoms with Crippen LogP contribution in [-0.2, 0) is 0 Å². The molecule has 1 fully saturated rings. The smallest absolute Gasteiger partial charge is 0.0917 e. The molecule has 1 aromatic rings. The highest BCUT2D eigenvalue weighted by atomic mass is 16.3. The van der Waals surface area contributed by atoms with Crippen LogP contribution in [0, 0.1) is 0 Å². The van der Waals surface area contributed by atoms with Crippen LogP contribution in [0.25, 0.3) is 0 Å². The number of hydrogen-bond donors (Lipinski definition) is 2. The maximum absolute atomic E-state index is 10.2. The minimum Gasteiger partial charge on any atom is -0.399 e. The molecule has 2 rings (SSSR count). The van der Waals surface area contributed by atoms with Gasteiger partial charge in [0.15, 0.2) is 0 Å². The Labute approximate surface area is 103 Å². The molecule has 0 amide bonds. The van der Waals surface area contributed by atoms with Gasteiger partial charge in [-0.05, 0) is 50.9 Å². The van der Waals surface area contributed by atoms with Gasteiger partial charge < -0.3 is 10.8 Å². The Morgan fingerprint density at radius 2 is 2.00 bits per heavy atom. The van der Waals surface area contributed by atoms with Crippen LogP contribution in [0.2, 0.25) is 0 Å². The van der Waals surface area contributed by atoms with Crippen LogP contribution in [0.1, 0.15) is 38.4 Å². The lowest BCUT2D eigenvalue weighted by atomic mass is 10.0. The minimum atomic E-state index is -0.423. The van der Waals surface area contributed by atoms with Crippen molar-refractivity contribution in [2.45, 2.75) is 38.3 Å². The molecule has 1 aliphatic heterocycles. The normalized spacial score (nSPS) is 21.6. The monoisotopic (exact) mass is 234 g/mol. The highest BCUT2D eigenvalue weighted by molar-refractivity contribution is 5.39. The van der Waals surface area contributed by atoms with Gasteiger partial charge in [0, 0.05) is 17.8 Å². The summed E-state index contributed by atoms with van der Waals surface area (Å²) in [4.78, 5) is 2.37. The van der Waals surface area contributed by atoms with E-state index in [1.165, 1.54) is 12.8 Å². The molecule has 0 aromatic heterocycles. The predicted octanol–water partition coefficient (Wildman–Crippen LogP) is 2.18. The topological polar surface area (TPSA) is 49.5 Å². The SMILES string of the molecule is CC1(C)CCCN1CC(O)c1ccc(N)cc1. The molecule has 0 spiro atoms. The van der Waals surface area contributed by atoms with Crippen molar-refractivity contribution in [1.29, 1.82) is 0 Å². The van der Waals surface area contributed by atoms with Crippen molar-refractivity contribution in [1.82, 2.24) is 4.90 Å². The van der Waals surface area contributed by atoms with Gasteiger partial charge in [0.25, 0.3) is 0 Å². The van der Waals surface area contributed by atoms with Crippen LogP contribution in [0.4, 0.5) is 5.69 Å². The molecule has 0 saturated carbocycles. The Balaban J connectivity index is 2.01. The first-order valence-electron chi connectivity index (χ1n) is 6.27. The first-order valence-corrected chi connectivity index (χ1v) is 6.27. The Bertz CT molecular complexity index is 372. The minimum absolute atomic E-state index is 0.217.